The Morgan fingerprint density at radius 2 is 2.03 bits per heavy atom. The molecule has 1 aromatic heterocycles. The molecule has 202 valence electrons. The van der Waals surface area contributed by atoms with E-state index in [1.54, 1.807) is 0 Å². The van der Waals surface area contributed by atoms with Crippen molar-refractivity contribution in [1.29, 1.82) is 0 Å². The first kappa shape index (κ1) is 27.6. The number of rotatable bonds is 14. The Hall–Kier alpha value is -2.44. The van der Waals surface area contributed by atoms with Crippen molar-refractivity contribution in [2.24, 2.45) is 5.92 Å². The molecule has 0 saturated carbocycles. The van der Waals surface area contributed by atoms with Crippen LogP contribution in [0.2, 0.25) is 0 Å². The summed E-state index contributed by atoms with van der Waals surface area (Å²) in [5, 5.41) is 14.1. The lowest BCUT2D eigenvalue weighted by atomic mass is 9.75. The Labute approximate surface area is 222 Å². The summed E-state index contributed by atoms with van der Waals surface area (Å²) in [5.74, 6) is 0.335. The molecule has 2 N–H and O–H groups in total. The van der Waals surface area contributed by atoms with Crippen molar-refractivity contribution in [3.63, 3.8) is 0 Å². The minimum absolute atomic E-state index is 0.0105. The molecule has 2 aliphatic heterocycles. The van der Waals surface area contributed by atoms with E-state index in [2.05, 4.69) is 36.2 Å². The number of pyridine rings is 1. The predicted octanol–water partition coefficient (Wildman–Crippen LogP) is 6.05. The average Bonchev–Trinajstić information content (AvgIpc) is 3.38. The van der Waals surface area contributed by atoms with E-state index in [0.29, 0.717) is 13.2 Å². The molecule has 3 heterocycles. The zero-order valence-electron chi connectivity index (χ0n) is 22.8. The van der Waals surface area contributed by atoms with Gasteiger partial charge < -0.3 is 15.2 Å². The highest BCUT2D eigenvalue weighted by atomic mass is 16.5. The number of ether oxygens (including phenoxy) is 1. The summed E-state index contributed by atoms with van der Waals surface area (Å²) in [4.78, 5) is 20.0. The molecule has 3 atom stereocenters. The molecule has 1 saturated heterocycles. The number of aryl methyl sites for hydroxylation is 2. The fourth-order valence-corrected chi connectivity index (χ4v) is 6.20. The topological polar surface area (TPSA) is 74.7 Å². The summed E-state index contributed by atoms with van der Waals surface area (Å²) in [6.45, 7) is 7.44. The number of carboxylic acid groups (broad SMARTS) is 1. The van der Waals surface area contributed by atoms with Gasteiger partial charge in [-0.3, -0.25) is 4.90 Å². The van der Waals surface area contributed by atoms with Gasteiger partial charge in [0.1, 0.15) is 11.4 Å². The monoisotopic (exact) mass is 507 g/mol. The summed E-state index contributed by atoms with van der Waals surface area (Å²) >= 11 is 0. The largest absolute Gasteiger partial charge is 0.480 e. The standard InChI is InChI=1S/C31H45N3O3/c1-3-4-6-12-24(2)31(30(35)36,26-14-7-5-8-15-26)34-21-19-28(23-34)37-22-10-9-16-27-18-17-25-13-11-20-32-29(25)33-27/h5,7-8,14-15,17-18,24,28H,3-4,6,9-13,16,19-23H2,1-2H3,(H,32,33)(H,35,36). The molecule has 0 radical (unpaired) electrons. The van der Waals surface area contributed by atoms with Gasteiger partial charge in [-0.25, -0.2) is 9.78 Å². The molecule has 3 unspecified atom stereocenters. The minimum atomic E-state index is -1.01. The van der Waals surface area contributed by atoms with Crippen LogP contribution >= 0.6 is 0 Å². The number of hydrogen-bond donors (Lipinski definition) is 2. The number of aliphatic carboxylic acids is 1. The molecular formula is C31H45N3O3. The maximum absolute atomic E-state index is 13.0. The zero-order chi connectivity index (χ0) is 26.1. The highest BCUT2D eigenvalue weighted by Crippen LogP contribution is 2.41. The maximum Gasteiger partial charge on any atom is 0.329 e. The van der Waals surface area contributed by atoms with Gasteiger partial charge in [0, 0.05) is 31.9 Å². The van der Waals surface area contributed by atoms with Crippen molar-refractivity contribution in [1.82, 2.24) is 9.88 Å². The molecule has 37 heavy (non-hydrogen) atoms. The Balaban J connectivity index is 1.32. The second-order valence-electron chi connectivity index (χ2n) is 10.9. The molecule has 2 aliphatic rings. The molecule has 6 nitrogen and oxygen atoms in total. The normalized spacial score (nSPS) is 20.1. The van der Waals surface area contributed by atoms with Crippen LogP contribution in [0.25, 0.3) is 0 Å². The van der Waals surface area contributed by atoms with E-state index in [4.69, 9.17) is 9.72 Å². The molecule has 2 aromatic rings. The van der Waals surface area contributed by atoms with Gasteiger partial charge in [0.25, 0.3) is 0 Å². The smallest absolute Gasteiger partial charge is 0.329 e. The third-order valence-corrected chi connectivity index (χ3v) is 8.27. The van der Waals surface area contributed by atoms with Gasteiger partial charge in [-0.2, -0.15) is 0 Å². The lowest BCUT2D eigenvalue weighted by molar-refractivity contribution is -0.157. The Kier molecular flexibility index (Phi) is 9.98. The minimum Gasteiger partial charge on any atom is -0.480 e. The number of unbranched alkanes of at least 4 members (excludes halogenated alkanes) is 3. The van der Waals surface area contributed by atoms with E-state index in [1.165, 1.54) is 12.0 Å². The van der Waals surface area contributed by atoms with Gasteiger partial charge in [-0.1, -0.05) is 69.5 Å². The van der Waals surface area contributed by atoms with Crippen molar-refractivity contribution in [2.45, 2.75) is 89.7 Å². The van der Waals surface area contributed by atoms with Crippen LogP contribution in [0.4, 0.5) is 5.82 Å². The van der Waals surface area contributed by atoms with Gasteiger partial charge in [-0.15, -0.1) is 0 Å². The molecule has 0 spiro atoms. The summed E-state index contributed by atoms with van der Waals surface area (Å²) < 4.78 is 6.28. The second kappa shape index (κ2) is 13.4. The Bertz CT molecular complexity index is 998. The number of hydrogen-bond acceptors (Lipinski definition) is 5. The van der Waals surface area contributed by atoms with Crippen LogP contribution in [-0.4, -0.2) is 53.3 Å². The fourth-order valence-electron chi connectivity index (χ4n) is 6.20. The third kappa shape index (κ3) is 6.53. The van der Waals surface area contributed by atoms with Crippen molar-refractivity contribution in [2.75, 3.05) is 31.6 Å². The van der Waals surface area contributed by atoms with Crippen LogP contribution in [0.3, 0.4) is 0 Å². The van der Waals surface area contributed by atoms with Crippen LogP contribution in [0.1, 0.15) is 82.0 Å². The number of anilines is 1. The van der Waals surface area contributed by atoms with E-state index in [9.17, 15) is 9.90 Å². The lowest BCUT2D eigenvalue weighted by Crippen LogP contribution is -2.55. The van der Waals surface area contributed by atoms with Crippen LogP contribution in [0.5, 0.6) is 0 Å². The summed E-state index contributed by atoms with van der Waals surface area (Å²) in [7, 11) is 0. The third-order valence-electron chi connectivity index (χ3n) is 8.27. The Morgan fingerprint density at radius 3 is 2.81 bits per heavy atom. The number of nitrogens with zero attached hydrogens (tertiary/aromatic N) is 2. The number of nitrogens with one attached hydrogen (secondary N) is 1. The van der Waals surface area contributed by atoms with E-state index in [-0.39, 0.29) is 12.0 Å². The first-order chi connectivity index (χ1) is 18.1. The van der Waals surface area contributed by atoms with Crippen molar-refractivity contribution < 1.29 is 14.6 Å². The second-order valence-corrected chi connectivity index (χ2v) is 10.9. The number of carboxylic acids is 1. The van der Waals surface area contributed by atoms with Gasteiger partial charge in [0.2, 0.25) is 0 Å². The number of fused-ring (bicyclic) bond motifs is 1. The molecule has 6 heteroatoms. The first-order valence-corrected chi connectivity index (χ1v) is 14.4. The average molecular weight is 508 g/mol. The van der Waals surface area contributed by atoms with E-state index in [1.807, 2.05) is 30.3 Å². The first-order valence-electron chi connectivity index (χ1n) is 14.4. The van der Waals surface area contributed by atoms with E-state index in [0.717, 1.165) is 88.0 Å². The van der Waals surface area contributed by atoms with Crippen molar-refractivity contribution >= 4 is 11.8 Å². The molecular weight excluding hydrogens is 462 g/mol. The number of likely N-dealkylation sites (tertiary alicyclic amines) is 1. The predicted molar refractivity (Wildman–Crippen MR) is 149 cm³/mol. The molecule has 1 fully saturated rings. The molecule has 0 aliphatic carbocycles. The van der Waals surface area contributed by atoms with Crippen LogP contribution < -0.4 is 5.32 Å². The van der Waals surface area contributed by atoms with E-state index >= 15 is 0 Å². The maximum atomic E-state index is 13.0. The molecule has 0 amide bonds. The SMILES string of the molecule is CCCCCC(C)C(C(=O)O)(c1ccccc1)N1CCC(OCCCCc2ccc3c(n2)NCCC3)C1. The van der Waals surface area contributed by atoms with Gasteiger partial charge in [-0.05, 0) is 68.1 Å². The van der Waals surface area contributed by atoms with Gasteiger partial charge >= 0.3 is 5.97 Å². The number of aromatic nitrogens is 1. The quantitative estimate of drug-likeness (QED) is 0.303. The molecule has 4 rings (SSSR count). The zero-order valence-corrected chi connectivity index (χ0v) is 22.8. The van der Waals surface area contributed by atoms with Gasteiger partial charge in [0.05, 0.1) is 6.10 Å². The summed E-state index contributed by atoms with van der Waals surface area (Å²) in [5.41, 5.74) is 2.35. The van der Waals surface area contributed by atoms with Gasteiger partial charge in [0.15, 0.2) is 0 Å². The van der Waals surface area contributed by atoms with Crippen molar-refractivity contribution in [3.8, 4) is 0 Å². The summed E-state index contributed by atoms with van der Waals surface area (Å²) in [6, 6.07) is 14.2. The molecule has 1 aromatic carbocycles. The summed E-state index contributed by atoms with van der Waals surface area (Å²) in [6.07, 6.45) is 10.5. The fraction of sp³-hybridized carbons (Fsp3) is 0.613. The Morgan fingerprint density at radius 1 is 1.19 bits per heavy atom. The van der Waals surface area contributed by atoms with E-state index < -0.39 is 11.5 Å². The highest BCUT2D eigenvalue weighted by molar-refractivity contribution is 5.81. The lowest BCUT2D eigenvalue weighted by Gasteiger charge is -2.43. The number of carbonyl (C=O) groups is 1. The van der Waals surface area contributed by atoms with Crippen LogP contribution in [0.15, 0.2) is 42.5 Å². The highest BCUT2D eigenvalue weighted by Gasteiger charge is 2.52. The van der Waals surface area contributed by atoms with Crippen LogP contribution in [0, 0.1) is 5.92 Å². The molecule has 0 bridgehead atoms. The van der Waals surface area contributed by atoms with Crippen LogP contribution in [-0.2, 0) is 27.9 Å². The number of benzene rings is 1. The van der Waals surface area contributed by atoms with Crippen molar-refractivity contribution in [3.05, 3.63) is 59.3 Å².